The number of anilines is 1. The lowest BCUT2D eigenvalue weighted by Crippen LogP contribution is -2.27. The highest BCUT2D eigenvalue weighted by Gasteiger charge is 2.35. The van der Waals surface area contributed by atoms with Crippen LogP contribution in [-0.4, -0.2) is 12.0 Å². The lowest BCUT2D eigenvalue weighted by atomic mass is 9.97. The summed E-state index contributed by atoms with van der Waals surface area (Å²) < 4.78 is 6.05. The zero-order chi connectivity index (χ0) is 12.0. The van der Waals surface area contributed by atoms with Crippen LogP contribution >= 0.6 is 11.3 Å². The van der Waals surface area contributed by atoms with E-state index in [0.717, 1.165) is 22.1 Å². The highest BCUT2D eigenvalue weighted by Crippen LogP contribution is 2.47. The fraction of sp³-hybridized carbons (Fsp3) is 0.308. The number of thiazole rings is 1. The van der Waals surface area contributed by atoms with Gasteiger partial charge in [-0.15, -0.1) is 0 Å². The number of nitrogens with zero attached hydrogens (tertiary/aromatic N) is 1. The van der Waals surface area contributed by atoms with E-state index in [2.05, 4.69) is 30.2 Å². The number of benzene rings is 1. The second kappa shape index (κ2) is 3.47. The summed E-state index contributed by atoms with van der Waals surface area (Å²) in [5.41, 5.74) is 1.82. The third-order valence-electron chi connectivity index (χ3n) is 2.90. The van der Waals surface area contributed by atoms with Crippen LogP contribution in [0.15, 0.2) is 24.3 Å². The first kappa shape index (κ1) is 10.6. The summed E-state index contributed by atoms with van der Waals surface area (Å²) in [4.78, 5) is 5.81. The van der Waals surface area contributed by atoms with Crippen molar-refractivity contribution >= 4 is 16.5 Å². The fourth-order valence-electron chi connectivity index (χ4n) is 2.09. The van der Waals surface area contributed by atoms with Crippen molar-refractivity contribution in [3.63, 3.8) is 0 Å². The largest absolute Gasteiger partial charge is 0.482 e. The highest BCUT2D eigenvalue weighted by atomic mass is 32.1. The molecule has 0 radical (unpaired) electrons. The summed E-state index contributed by atoms with van der Waals surface area (Å²) in [7, 11) is 1.89. The predicted molar refractivity (Wildman–Crippen MR) is 70.8 cm³/mol. The van der Waals surface area contributed by atoms with Crippen LogP contribution in [0.1, 0.15) is 18.7 Å². The Labute approximate surface area is 104 Å². The third-order valence-corrected chi connectivity index (χ3v) is 4.27. The molecule has 0 saturated carbocycles. The molecule has 0 fully saturated rings. The van der Waals surface area contributed by atoms with E-state index < -0.39 is 0 Å². The Morgan fingerprint density at radius 1 is 1.29 bits per heavy atom. The third kappa shape index (κ3) is 1.52. The van der Waals surface area contributed by atoms with E-state index in [-0.39, 0.29) is 5.60 Å². The second-order valence-electron chi connectivity index (χ2n) is 4.56. The minimum absolute atomic E-state index is 0.309. The van der Waals surface area contributed by atoms with E-state index in [9.17, 15) is 0 Å². The Bertz CT molecular complexity index is 575. The molecule has 0 atom stereocenters. The Morgan fingerprint density at radius 2 is 2.06 bits per heavy atom. The zero-order valence-electron chi connectivity index (χ0n) is 10.1. The molecule has 1 aliphatic heterocycles. The van der Waals surface area contributed by atoms with Crippen molar-refractivity contribution in [1.29, 1.82) is 0 Å². The average Bonchev–Trinajstić information content (AvgIpc) is 2.74. The van der Waals surface area contributed by atoms with Crippen molar-refractivity contribution in [2.24, 2.45) is 0 Å². The zero-order valence-corrected chi connectivity index (χ0v) is 10.9. The average molecular weight is 246 g/mol. The molecule has 0 amide bonds. The number of para-hydroxylation sites is 1. The van der Waals surface area contributed by atoms with Gasteiger partial charge >= 0.3 is 0 Å². The van der Waals surface area contributed by atoms with E-state index in [4.69, 9.17) is 4.74 Å². The Balaban J connectivity index is 2.27. The Morgan fingerprint density at radius 3 is 2.82 bits per heavy atom. The van der Waals surface area contributed by atoms with Crippen LogP contribution in [0.2, 0.25) is 0 Å². The molecule has 2 aromatic rings. The molecule has 88 valence electrons. The number of nitrogens with one attached hydrogen (secondary N) is 1. The van der Waals surface area contributed by atoms with Crippen LogP contribution in [0.25, 0.3) is 11.3 Å². The molecule has 3 rings (SSSR count). The molecule has 2 heterocycles. The molecule has 1 aliphatic rings. The van der Waals surface area contributed by atoms with Crippen molar-refractivity contribution in [2.45, 2.75) is 19.4 Å². The van der Waals surface area contributed by atoms with Crippen LogP contribution in [-0.2, 0) is 5.60 Å². The number of fused-ring (bicyclic) bond motifs is 3. The van der Waals surface area contributed by atoms with Gasteiger partial charge in [0.05, 0.1) is 10.6 Å². The monoisotopic (exact) mass is 246 g/mol. The van der Waals surface area contributed by atoms with Crippen LogP contribution in [0.3, 0.4) is 0 Å². The van der Waals surface area contributed by atoms with Crippen LogP contribution < -0.4 is 10.1 Å². The first-order valence-corrected chi connectivity index (χ1v) is 6.41. The van der Waals surface area contributed by atoms with Gasteiger partial charge in [0.1, 0.15) is 11.4 Å². The number of ether oxygens (including phenoxy) is 1. The predicted octanol–water partition coefficient (Wildman–Crippen LogP) is 3.48. The first-order valence-electron chi connectivity index (χ1n) is 5.59. The van der Waals surface area contributed by atoms with Crippen molar-refractivity contribution in [2.75, 3.05) is 12.4 Å². The van der Waals surface area contributed by atoms with Gasteiger partial charge in [0.2, 0.25) is 0 Å². The van der Waals surface area contributed by atoms with Crippen molar-refractivity contribution in [1.82, 2.24) is 4.98 Å². The molecule has 0 aliphatic carbocycles. The molecule has 1 aromatic heterocycles. The van der Waals surface area contributed by atoms with E-state index in [1.54, 1.807) is 11.3 Å². The Kier molecular flexibility index (Phi) is 2.16. The van der Waals surface area contributed by atoms with Gasteiger partial charge in [0, 0.05) is 12.6 Å². The van der Waals surface area contributed by atoms with Gasteiger partial charge in [-0.1, -0.05) is 23.5 Å². The van der Waals surface area contributed by atoms with Gasteiger partial charge in [0.25, 0.3) is 0 Å². The normalized spacial score (nSPS) is 15.7. The summed E-state index contributed by atoms with van der Waals surface area (Å²) in [6.45, 7) is 4.17. The summed E-state index contributed by atoms with van der Waals surface area (Å²) in [5.74, 6) is 0.915. The molecule has 17 heavy (non-hydrogen) atoms. The molecular formula is C13H14N2OS. The minimum Gasteiger partial charge on any atom is -0.482 e. The molecular weight excluding hydrogens is 232 g/mol. The van der Waals surface area contributed by atoms with Crippen LogP contribution in [0.5, 0.6) is 5.75 Å². The van der Waals surface area contributed by atoms with E-state index in [0.29, 0.717) is 0 Å². The number of rotatable bonds is 1. The Hall–Kier alpha value is -1.55. The fourth-order valence-corrected chi connectivity index (χ4v) is 3.06. The molecule has 0 saturated heterocycles. The van der Waals surface area contributed by atoms with Gasteiger partial charge in [0.15, 0.2) is 5.13 Å². The van der Waals surface area contributed by atoms with Crippen LogP contribution in [0, 0.1) is 0 Å². The maximum Gasteiger partial charge on any atom is 0.183 e. The van der Waals surface area contributed by atoms with Crippen molar-refractivity contribution < 1.29 is 4.74 Å². The lowest BCUT2D eigenvalue weighted by Gasteiger charge is -2.31. The standard InChI is InChI=1S/C13H14N2OS/c1-13(2)11-10(15-12(14-3)17-11)8-6-4-5-7-9(8)16-13/h4-7H,1-3H3,(H,14,15). The second-order valence-corrected chi connectivity index (χ2v) is 5.55. The van der Waals surface area contributed by atoms with Gasteiger partial charge < -0.3 is 10.1 Å². The summed E-state index contributed by atoms with van der Waals surface area (Å²) in [6.07, 6.45) is 0. The number of hydrogen-bond donors (Lipinski definition) is 1. The van der Waals surface area contributed by atoms with E-state index in [1.807, 2.05) is 25.2 Å². The molecule has 0 spiro atoms. The van der Waals surface area contributed by atoms with Crippen molar-refractivity contribution in [3.8, 4) is 17.0 Å². The first-order chi connectivity index (χ1) is 8.12. The smallest absolute Gasteiger partial charge is 0.183 e. The topological polar surface area (TPSA) is 34.2 Å². The SMILES string of the molecule is CNc1nc2c(s1)C(C)(C)Oc1ccccc1-2. The number of hydrogen-bond acceptors (Lipinski definition) is 4. The summed E-state index contributed by atoms with van der Waals surface area (Å²) in [5, 5.41) is 4.04. The van der Waals surface area contributed by atoms with Gasteiger partial charge in [-0.3, -0.25) is 0 Å². The van der Waals surface area contributed by atoms with E-state index >= 15 is 0 Å². The molecule has 3 nitrogen and oxygen atoms in total. The summed E-state index contributed by atoms with van der Waals surface area (Å²) in [6, 6.07) is 8.06. The molecule has 0 unspecified atom stereocenters. The molecule has 1 aromatic carbocycles. The van der Waals surface area contributed by atoms with Crippen LogP contribution in [0.4, 0.5) is 5.13 Å². The van der Waals surface area contributed by atoms with Gasteiger partial charge in [-0.2, -0.15) is 0 Å². The maximum absolute atomic E-state index is 6.05. The van der Waals surface area contributed by atoms with E-state index in [1.165, 1.54) is 4.88 Å². The van der Waals surface area contributed by atoms with Gasteiger partial charge in [-0.05, 0) is 26.0 Å². The quantitative estimate of drug-likeness (QED) is 0.836. The number of aromatic nitrogens is 1. The highest BCUT2D eigenvalue weighted by molar-refractivity contribution is 7.16. The lowest BCUT2D eigenvalue weighted by molar-refractivity contribution is 0.109. The molecule has 1 N–H and O–H groups in total. The minimum atomic E-state index is -0.309. The molecule has 0 bridgehead atoms. The van der Waals surface area contributed by atoms with Crippen molar-refractivity contribution in [3.05, 3.63) is 29.1 Å². The maximum atomic E-state index is 6.05. The molecule has 4 heteroatoms. The van der Waals surface area contributed by atoms with Gasteiger partial charge in [-0.25, -0.2) is 4.98 Å². The summed E-state index contributed by atoms with van der Waals surface area (Å²) >= 11 is 1.66.